The van der Waals surface area contributed by atoms with Crippen LogP contribution in [0.25, 0.3) is 111 Å². The van der Waals surface area contributed by atoms with Crippen molar-refractivity contribution in [2.45, 2.75) is 120 Å². The van der Waals surface area contributed by atoms with Gasteiger partial charge in [0.25, 0.3) is 11.8 Å². The number of fused-ring (bicyclic) bond motifs is 8. The summed E-state index contributed by atoms with van der Waals surface area (Å²) >= 11 is 1.50. The highest BCUT2D eigenvalue weighted by Gasteiger charge is 2.39. The van der Waals surface area contributed by atoms with E-state index in [-0.39, 0.29) is 41.4 Å². The monoisotopic (exact) mass is 1760 g/mol. The van der Waals surface area contributed by atoms with Crippen LogP contribution in [0.4, 0.5) is 29.0 Å². The standard InChI is InChI=1S/C28H29N7O.C26H30N6O.C24H22N6OS.C23H24N6O/c1-33(2)21-9-7-19(8-10-21)28(36)34-14-11-18(12-15-34)27-32-24(25-26(29)30-13-16-35(25)27)23-17-20-5-3-4-6-22(20)31-23;27-24-23-22(21-16-19-8-4-5-9-20(19)29-21)30-25(32(23)15-12-28-24)17-10-13-31(14-11-17)26(33)18-6-2-1-3-7-18;25-22-21-20(18-14-16-4-1-2-5-17(16)27-18)28-23(30(21)12-9-26-22)15-7-10-29(11-8-15)24(31)19-6-3-13-32-19;24-21-20-19(18-13-16-3-1-2-4-17(16)26-18)27-22(29(20)12-9-25-21)14-7-10-28(11-8-14)23(30)15-5-6-15/h3-10,13,16-18,31H,11-12,14-15H2,1-2H3,(H2,29,30);4-5,8-9,12,15-18,29H,1-3,6-7,10-11,13-14H2,(H2,27,28);1-6,9,12-15,27H,7-8,10-11H2,(H2,25,26);1-4,9,12-15,26H,5-8,10-11H2,(H2,24,25). The van der Waals surface area contributed by atoms with Crippen LogP contribution in [0, 0.1) is 11.8 Å². The van der Waals surface area contributed by atoms with Gasteiger partial charge < -0.3 is 67.4 Å². The number of hydrogen-bond acceptors (Lipinski definition) is 18. The second-order valence-corrected chi connectivity index (χ2v) is 36.8. The summed E-state index contributed by atoms with van der Waals surface area (Å²) in [6.07, 6.45) is 29.7. The predicted octanol–water partition coefficient (Wildman–Crippen LogP) is 17.4. The van der Waals surface area contributed by atoms with Crippen molar-refractivity contribution in [2.75, 3.05) is 94.3 Å². The number of likely N-dealkylation sites (tertiary alicyclic amines) is 4. The van der Waals surface area contributed by atoms with E-state index in [0.29, 0.717) is 54.1 Å². The summed E-state index contributed by atoms with van der Waals surface area (Å²) in [5, 5.41) is 6.49. The number of aromatic amines is 4. The number of nitrogens with two attached hydrogens (primary N) is 4. The van der Waals surface area contributed by atoms with Crippen LogP contribution in [0.5, 0.6) is 0 Å². The van der Waals surface area contributed by atoms with Crippen LogP contribution < -0.4 is 27.8 Å². The minimum Gasteiger partial charge on any atom is -0.382 e. The molecule has 4 saturated heterocycles. The van der Waals surface area contributed by atoms with Crippen molar-refractivity contribution >= 4 is 130 Å². The van der Waals surface area contributed by atoms with E-state index < -0.39 is 0 Å². The van der Waals surface area contributed by atoms with Gasteiger partial charge in [-0.1, -0.05) is 98.1 Å². The predicted molar refractivity (Wildman–Crippen MR) is 516 cm³/mol. The smallest absolute Gasteiger partial charge is 0.263 e. The average Bonchev–Trinajstić information content (AvgIpc) is 1.61. The molecule has 12 N–H and O–H groups in total. The fourth-order valence-corrected chi connectivity index (χ4v) is 21.0. The number of hydrogen-bond donors (Lipinski definition) is 8. The highest BCUT2D eigenvalue weighted by molar-refractivity contribution is 7.12. The highest BCUT2D eigenvalue weighted by Crippen LogP contribution is 2.43. The minimum atomic E-state index is 0.0824. The number of H-pyrrole nitrogens is 4. The largest absolute Gasteiger partial charge is 0.382 e. The van der Waals surface area contributed by atoms with Gasteiger partial charge in [0.1, 0.15) is 91.4 Å². The number of amides is 4. The number of benzene rings is 5. The van der Waals surface area contributed by atoms with Crippen molar-refractivity contribution in [1.29, 1.82) is 0 Å². The summed E-state index contributed by atoms with van der Waals surface area (Å²) in [5.74, 6) is 8.32. The van der Waals surface area contributed by atoms with E-state index in [1.165, 1.54) is 30.6 Å². The maximum Gasteiger partial charge on any atom is 0.263 e. The van der Waals surface area contributed by atoms with E-state index in [4.69, 9.17) is 42.9 Å². The molecule has 2 saturated carbocycles. The van der Waals surface area contributed by atoms with Crippen LogP contribution in [-0.4, -0.2) is 187 Å². The second-order valence-electron chi connectivity index (χ2n) is 35.8. The summed E-state index contributed by atoms with van der Waals surface area (Å²) in [6.45, 7) is 6.03. The Kier molecular flexibility index (Phi) is 22.5. The van der Waals surface area contributed by atoms with Crippen molar-refractivity contribution in [2.24, 2.45) is 11.8 Å². The van der Waals surface area contributed by atoms with E-state index in [1.807, 2.05) is 149 Å². The van der Waals surface area contributed by atoms with E-state index in [9.17, 15) is 19.2 Å². The van der Waals surface area contributed by atoms with E-state index in [2.05, 4.69) is 135 Å². The molecule has 4 amide bonds. The van der Waals surface area contributed by atoms with Crippen molar-refractivity contribution < 1.29 is 19.2 Å². The van der Waals surface area contributed by atoms with Crippen molar-refractivity contribution in [3.8, 4) is 45.6 Å². The SMILES string of the molecule is CN(C)c1ccc(C(=O)N2CCC(c3nc(-c4cc5ccccc5[nH]4)c4c(N)nccn34)CC2)cc1.Nc1nccn2c(C3CCN(C(=O)C4CC4)CC3)nc(-c3cc4ccccc4[nH]3)c12.Nc1nccn2c(C3CCN(C(=O)C4CCCCC4)CC3)nc(-c3cc4ccccc4[nH]3)c12.Nc1nccn2c(C3CCN(C(=O)c4cccs4)CC3)nc(-c3cc4ccccc4[nH]3)c12. The molecule has 24 rings (SSSR count). The third-order valence-electron chi connectivity index (χ3n) is 27.5. The lowest BCUT2D eigenvalue weighted by molar-refractivity contribution is -0.137. The number of para-hydroxylation sites is 4. The topological polar surface area (TPSA) is 372 Å². The van der Waals surface area contributed by atoms with E-state index in [0.717, 1.165) is 267 Å². The molecule has 0 spiro atoms. The number of anilines is 5. The molecule has 17 heterocycles. The summed E-state index contributed by atoms with van der Waals surface area (Å²) in [6, 6.07) is 52.8. The molecule has 18 aromatic rings. The third kappa shape index (κ3) is 16.3. The molecule has 0 radical (unpaired) electrons. The van der Waals surface area contributed by atoms with Crippen LogP contribution >= 0.6 is 11.3 Å². The molecule has 2 aliphatic carbocycles. The van der Waals surface area contributed by atoms with Crippen molar-refractivity contribution in [1.82, 2.24) is 97.0 Å². The fraction of sp³-hybridized carbons (Fsp3) is 0.307. The van der Waals surface area contributed by atoms with Gasteiger partial charge >= 0.3 is 0 Å². The van der Waals surface area contributed by atoms with Gasteiger partial charge in [-0.2, -0.15) is 0 Å². The number of nitrogens with one attached hydrogen (secondary N) is 4. The van der Waals surface area contributed by atoms with Crippen LogP contribution in [0.15, 0.2) is 213 Å². The molecule has 0 unspecified atom stereocenters. The number of carbonyl (C=O) groups is 4. The van der Waals surface area contributed by atoms with Gasteiger partial charge in [0.05, 0.1) is 27.7 Å². The quantitative estimate of drug-likeness (QED) is 0.0531. The summed E-state index contributed by atoms with van der Waals surface area (Å²) in [5.41, 5.74) is 41.8. The van der Waals surface area contributed by atoms with Gasteiger partial charge in [0.15, 0.2) is 0 Å². The zero-order valence-electron chi connectivity index (χ0n) is 73.4. The van der Waals surface area contributed by atoms with Gasteiger partial charge in [0, 0.05) is 206 Å². The van der Waals surface area contributed by atoms with Gasteiger partial charge in [-0.25, -0.2) is 39.9 Å². The highest BCUT2D eigenvalue weighted by atomic mass is 32.1. The molecule has 5 aromatic carbocycles. The molecule has 664 valence electrons. The molecule has 6 fully saturated rings. The average molecular weight is 1770 g/mol. The first-order valence-electron chi connectivity index (χ1n) is 45.9. The summed E-state index contributed by atoms with van der Waals surface area (Å²) in [7, 11) is 3.99. The normalized spacial score (nSPS) is 16.4. The number of piperidine rings is 4. The Morgan fingerprint density at radius 2 is 0.656 bits per heavy atom. The van der Waals surface area contributed by atoms with Crippen LogP contribution in [-0.2, 0) is 9.59 Å². The van der Waals surface area contributed by atoms with Crippen LogP contribution in [0.2, 0.25) is 0 Å². The fourth-order valence-electron chi connectivity index (χ4n) is 20.3. The first-order chi connectivity index (χ1) is 64.1. The number of rotatable bonds is 13. The maximum absolute atomic E-state index is 13.1. The van der Waals surface area contributed by atoms with Gasteiger partial charge in [-0.15, -0.1) is 11.3 Å². The Morgan fingerprint density at radius 1 is 0.351 bits per heavy atom. The number of nitrogens with zero attached hydrogens (tertiary/aromatic N) is 17. The van der Waals surface area contributed by atoms with Crippen LogP contribution in [0.3, 0.4) is 0 Å². The number of imidazole rings is 4. The second kappa shape index (κ2) is 35.4. The lowest BCUT2D eigenvalue weighted by Crippen LogP contribution is -2.42. The van der Waals surface area contributed by atoms with Crippen molar-refractivity contribution in [3.63, 3.8) is 0 Å². The number of thiophene rings is 1. The first-order valence-corrected chi connectivity index (χ1v) is 46.7. The van der Waals surface area contributed by atoms with Crippen molar-refractivity contribution in [3.05, 3.63) is 246 Å². The summed E-state index contributed by atoms with van der Waals surface area (Å²) in [4.78, 5) is 114. The van der Waals surface area contributed by atoms with Gasteiger partial charge in [0.2, 0.25) is 11.8 Å². The third-order valence-corrected chi connectivity index (χ3v) is 28.3. The number of carbonyl (C=O) groups excluding carboxylic acids is 4. The Hall–Kier alpha value is -14.7. The molecule has 29 nitrogen and oxygen atoms in total. The molecular formula is C101H105N25O4S. The zero-order valence-corrected chi connectivity index (χ0v) is 74.2. The molecule has 131 heavy (non-hydrogen) atoms. The van der Waals surface area contributed by atoms with E-state index >= 15 is 0 Å². The zero-order chi connectivity index (χ0) is 89.1. The lowest BCUT2D eigenvalue weighted by atomic mass is 9.87. The van der Waals surface area contributed by atoms with E-state index in [1.54, 1.807) is 24.8 Å². The molecule has 6 aliphatic rings. The van der Waals surface area contributed by atoms with Gasteiger partial charge in [-0.05, 0) is 161 Å². The summed E-state index contributed by atoms with van der Waals surface area (Å²) < 4.78 is 8.34. The lowest BCUT2D eigenvalue weighted by Gasteiger charge is -2.34. The molecular weight excluding hydrogens is 1660 g/mol. The van der Waals surface area contributed by atoms with Crippen LogP contribution in [0.1, 0.15) is 163 Å². The molecule has 30 heteroatoms. The minimum absolute atomic E-state index is 0.0824. The van der Waals surface area contributed by atoms with Gasteiger partial charge in [-0.3, -0.25) is 36.8 Å². The molecule has 4 aliphatic heterocycles. The Balaban J connectivity index is 0.000000106. The molecule has 0 atom stereocenters. The Morgan fingerprint density at radius 3 is 0.954 bits per heavy atom. The first kappa shape index (κ1) is 83.2. The number of nitrogen functional groups attached to an aromatic ring is 4. The molecule has 13 aromatic heterocycles. The Labute approximate surface area is 759 Å². The molecule has 0 bridgehead atoms. The number of aromatic nitrogens is 16. The Bertz CT molecular complexity index is 7140. The maximum atomic E-state index is 13.1.